The molecule has 3 fully saturated rings. The zero-order chi connectivity index (χ0) is 20.9. The van der Waals surface area contributed by atoms with Gasteiger partial charge in [0.25, 0.3) is 0 Å². The molecule has 1 aromatic heterocycles. The monoisotopic (exact) mass is 432 g/mol. The van der Waals surface area contributed by atoms with Crippen molar-refractivity contribution < 1.29 is 17.5 Å². The number of aromatic nitrogens is 2. The maximum Gasteiger partial charge on any atom is 0.243 e. The molecule has 3 aliphatic rings. The minimum atomic E-state index is -3.72. The van der Waals surface area contributed by atoms with Crippen LogP contribution in [0.5, 0.6) is 5.88 Å². The van der Waals surface area contributed by atoms with Gasteiger partial charge < -0.3 is 4.74 Å². The Kier molecular flexibility index (Phi) is 4.99. The number of halogens is 1. The smallest absolute Gasteiger partial charge is 0.243 e. The van der Waals surface area contributed by atoms with E-state index in [1.165, 1.54) is 29.3 Å². The first-order valence-corrected chi connectivity index (χ1v) is 11.8. The molecular weight excluding hydrogens is 407 g/mol. The molecule has 7 nitrogen and oxygen atoms in total. The quantitative estimate of drug-likeness (QED) is 0.722. The predicted molar refractivity (Wildman–Crippen MR) is 108 cm³/mol. The summed E-state index contributed by atoms with van der Waals surface area (Å²) in [5.41, 5.74) is 1.46. The number of fused-ring (bicyclic) bond motifs is 1. The Morgan fingerprint density at radius 3 is 2.67 bits per heavy atom. The van der Waals surface area contributed by atoms with Gasteiger partial charge in [0.1, 0.15) is 11.9 Å². The van der Waals surface area contributed by atoms with E-state index in [-0.39, 0.29) is 17.0 Å². The second kappa shape index (κ2) is 7.55. The predicted octanol–water partition coefficient (Wildman–Crippen LogP) is 2.33. The second-order valence-corrected chi connectivity index (χ2v) is 10.4. The Labute approximate surface area is 175 Å². The summed E-state index contributed by atoms with van der Waals surface area (Å²) in [5.74, 6) is 0.573. The molecule has 9 heteroatoms. The molecule has 2 saturated heterocycles. The lowest BCUT2D eigenvalue weighted by Crippen LogP contribution is -2.51. The molecule has 2 aromatic rings. The van der Waals surface area contributed by atoms with Crippen LogP contribution >= 0.6 is 0 Å². The normalized spacial score (nSPS) is 25.3. The van der Waals surface area contributed by atoms with Crippen LogP contribution in [-0.4, -0.2) is 65.9 Å². The molecule has 0 radical (unpaired) electrons. The van der Waals surface area contributed by atoms with Gasteiger partial charge in [-0.15, -0.1) is 0 Å². The van der Waals surface area contributed by atoms with Gasteiger partial charge in [0.15, 0.2) is 0 Å². The summed E-state index contributed by atoms with van der Waals surface area (Å²) >= 11 is 0. The highest BCUT2D eigenvalue weighted by Crippen LogP contribution is 2.38. The summed E-state index contributed by atoms with van der Waals surface area (Å²) in [4.78, 5) is 11.1. The number of nitrogens with zero attached hydrogens (tertiary/aromatic N) is 4. The third-order valence-corrected chi connectivity index (χ3v) is 8.11. The molecule has 0 spiro atoms. The van der Waals surface area contributed by atoms with Crippen molar-refractivity contribution in [3.8, 4) is 5.88 Å². The largest absolute Gasteiger partial charge is 0.472 e. The van der Waals surface area contributed by atoms with Crippen molar-refractivity contribution in [2.75, 3.05) is 26.2 Å². The Bertz CT molecular complexity index is 1040. The molecule has 2 atom stereocenters. The first kappa shape index (κ1) is 19.8. The molecule has 0 bridgehead atoms. The van der Waals surface area contributed by atoms with Crippen LogP contribution < -0.4 is 4.74 Å². The third-order valence-electron chi connectivity index (χ3n) is 6.25. The van der Waals surface area contributed by atoms with Gasteiger partial charge in [0.2, 0.25) is 15.9 Å². The summed E-state index contributed by atoms with van der Waals surface area (Å²) < 4.78 is 47.4. The lowest BCUT2D eigenvalue weighted by atomic mass is 10.2. The number of rotatable bonds is 5. The summed E-state index contributed by atoms with van der Waals surface area (Å²) in [6, 6.07) is 4.17. The first-order valence-electron chi connectivity index (χ1n) is 10.4. The number of sulfonamides is 1. The van der Waals surface area contributed by atoms with Crippen molar-refractivity contribution in [3.05, 3.63) is 47.7 Å². The molecule has 2 aliphatic heterocycles. The van der Waals surface area contributed by atoms with E-state index in [9.17, 15) is 12.8 Å². The Morgan fingerprint density at radius 1 is 1.13 bits per heavy atom. The number of benzene rings is 1. The van der Waals surface area contributed by atoms with Gasteiger partial charge in [0.05, 0.1) is 23.0 Å². The number of hydrogen-bond donors (Lipinski definition) is 0. The fourth-order valence-corrected chi connectivity index (χ4v) is 5.78. The highest BCUT2D eigenvalue weighted by atomic mass is 32.2. The van der Waals surface area contributed by atoms with E-state index in [0.29, 0.717) is 37.0 Å². The Balaban J connectivity index is 1.23. The lowest BCUT2D eigenvalue weighted by Gasteiger charge is -2.36. The Morgan fingerprint density at radius 2 is 1.97 bits per heavy atom. The zero-order valence-corrected chi connectivity index (χ0v) is 17.7. The fourth-order valence-electron chi connectivity index (χ4n) is 4.30. The summed E-state index contributed by atoms with van der Waals surface area (Å²) in [7, 11) is -3.72. The van der Waals surface area contributed by atoms with Crippen molar-refractivity contribution >= 4 is 10.0 Å². The average molecular weight is 433 g/mol. The molecule has 0 N–H and O–H groups in total. The fraction of sp³-hybridized carbons (Fsp3) is 0.524. The Hall–Kier alpha value is -2.10. The van der Waals surface area contributed by atoms with E-state index in [4.69, 9.17) is 4.74 Å². The van der Waals surface area contributed by atoms with Crippen LogP contribution in [0, 0.1) is 12.7 Å². The van der Waals surface area contributed by atoms with Crippen LogP contribution in [0.4, 0.5) is 4.39 Å². The SMILES string of the molecule is Cc1ccc(S(=O)(=O)N2CCN3C[C@H](Oc4cnc(C5CC5)cn4)C[C@H]3C2)cc1F. The molecular formula is C21H25FN4O3S. The van der Waals surface area contributed by atoms with Crippen molar-refractivity contribution in [1.29, 1.82) is 0 Å². The number of piperazine rings is 1. The van der Waals surface area contributed by atoms with Gasteiger partial charge in [-0.25, -0.2) is 17.8 Å². The number of hydrogen-bond acceptors (Lipinski definition) is 6. The van der Waals surface area contributed by atoms with E-state index in [0.717, 1.165) is 24.7 Å². The molecule has 3 heterocycles. The maximum absolute atomic E-state index is 13.9. The number of ether oxygens (including phenoxy) is 1. The van der Waals surface area contributed by atoms with Crippen molar-refractivity contribution in [1.82, 2.24) is 19.2 Å². The molecule has 160 valence electrons. The molecule has 0 amide bonds. The number of aryl methyl sites for hydroxylation is 1. The van der Waals surface area contributed by atoms with E-state index in [1.807, 2.05) is 0 Å². The topological polar surface area (TPSA) is 75.6 Å². The van der Waals surface area contributed by atoms with Gasteiger partial charge in [-0.3, -0.25) is 9.88 Å². The van der Waals surface area contributed by atoms with E-state index >= 15 is 0 Å². The molecule has 0 unspecified atom stereocenters. The van der Waals surface area contributed by atoms with Gasteiger partial charge in [-0.05, 0) is 37.5 Å². The van der Waals surface area contributed by atoms with Crippen molar-refractivity contribution in [2.24, 2.45) is 0 Å². The van der Waals surface area contributed by atoms with Gasteiger partial charge in [-0.1, -0.05) is 6.07 Å². The molecule has 1 saturated carbocycles. The van der Waals surface area contributed by atoms with Crippen LogP contribution in [0.25, 0.3) is 0 Å². The first-order chi connectivity index (χ1) is 14.4. The minimum Gasteiger partial charge on any atom is -0.472 e. The third kappa shape index (κ3) is 3.81. The highest BCUT2D eigenvalue weighted by molar-refractivity contribution is 7.89. The summed E-state index contributed by atoms with van der Waals surface area (Å²) in [6.45, 7) is 3.75. The molecule has 1 aromatic carbocycles. The maximum atomic E-state index is 13.9. The zero-order valence-electron chi connectivity index (χ0n) is 16.9. The van der Waals surface area contributed by atoms with Crippen LogP contribution in [0.1, 0.15) is 36.4 Å². The van der Waals surface area contributed by atoms with Crippen LogP contribution in [-0.2, 0) is 10.0 Å². The standard InChI is InChI=1S/C21H25FN4O3S/c1-14-2-5-18(9-19(14)22)30(27,28)26-7-6-25-13-17(8-16(25)12-26)29-21-11-23-20(10-24-21)15-3-4-15/h2,5,9-11,15-17H,3-4,6-8,12-13H2,1H3/t16-,17+/m0/s1. The molecule has 30 heavy (non-hydrogen) atoms. The average Bonchev–Trinajstić information content (AvgIpc) is 3.50. The van der Waals surface area contributed by atoms with E-state index in [1.54, 1.807) is 19.3 Å². The minimum absolute atomic E-state index is 0.0101. The van der Waals surface area contributed by atoms with Gasteiger partial charge >= 0.3 is 0 Å². The van der Waals surface area contributed by atoms with Crippen LogP contribution in [0.2, 0.25) is 0 Å². The molecule has 5 rings (SSSR count). The van der Waals surface area contributed by atoms with Crippen LogP contribution in [0.3, 0.4) is 0 Å². The van der Waals surface area contributed by atoms with Crippen molar-refractivity contribution in [3.63, 3.8) is 0 Å². The second-order valence-electron chi connectivity index (χ2n) is 8.45. The summed E-state index contributed by atoms with van der Waals surface area (Å²) in [6.07, 6.45) is 6.53. The van der Waals surface area contributed by atoms with Crippen molar-refractivity contribution in [2.45, 2.75) is 49.1 Å². The van der Waals surface area contributed by atoms with Gasteiger partial charge in [-0.2, -0.15) is 4.31 Å². The summed E-state index contributed by atoms with van der Waals surface area (Å²) in [5, 5.41) is 0. The molecule has 1 aliphatic carbocycles. The highest BCUT2D eigenvalue weighted by Gasteiger charge is 2.41. The van der Waals surface area contributed by atoms with Crippen LogP contribution in [0.15, 0.2) is 35.5 Å². The van der Waals surface area contributed by atoms with E-state index in [2.05, 4.69) is 14.9 Å². The van der Waals surface area contributed by atoms with E-state index < -0.39 is 15.8 Å². The van der Waals surface area contributed by atoms with Gasteiger partial charge in [0, 0.05) is 44.6 Å². The lowest BCUT2D eigenvalue weighted by molar-refractivity contribution is 0.151.